The van der Waals surface area contributed by atoms with Crippen LogP contribution in [0.4, 0.5) is 0 Å². The third kappa shape index (κ3) is 3.23. The SMILES string of the molecule is O=C1CCCN1CCC1CCOC12CN(Cc1ccc3ccccc3n1)C2. The first-order valence-corrected chi connectivity index (χ1v) is 10.2. The van der Waals surface area contributed by atoms with Gasteiger partial charge < -0.3 is 9.64 Å². The monoisotopic (exact) mass is 365 g/mol. The molecule has 0 bridgehead atoms. The van der Waals surface area contributed by atoms with E-state index in [0.717, 1.165) is 76.2 Å². The van der Waals surface area contributed by atoms with Crippen LogP contribution >= 0.6 is 0 Å². The summed E-state index contributed by atoms with van der Waals surface area (Å²) in [5.41, 5.74) is 2.20. The van der Waals surface area contributed by atoms with Gasteiger partial charge in [0.15, 0.2) is 0 Å². The number of hydrogen-bond acceptors (Lipinski definition) is 4. The van der Waals surface area contributed by atoms with E-state index in [1.165, 1.54) is 5.39 Å². The fourth-order valence-corrected chi connectivity index (χ4v) is 5.04. The number of carbonyl (C=O) groups is 1. The molecule has 2 aromatic rings. The van der Waals surface area contributed by atoms with Crippen molar-refractivity contribution in [3.05, 3.63) is 42.1 Å². The predicted octanol–water partition coefficient (Wildman–Crippen LogP) is 2.84. The van der Waals surface area contributed by atoms with Crippen molar-refractivity contribution in [1.29, 1.82) is 0 Å². The Morgan fingerprint density at radius 3 is 2.93 bits per heavy atom. The molecule has 3 aliphatic heterocycles. The number of rotatable bonds is 5. The first-order valence-electron chi connectivity index (χ1n) is 10.2. The van der Waals surface area contributed by atoms with Gasteiger partial charge in [-0.1, -0.05) is 24.3 Å². The number of likely N-dealkylation sites (tertiary alicyclic amines) is 2. The third-order valence-electron chi connectivity index (χ3n) is 6.54. The smallest absolute Gasteiger partial charge is 0.222 e. The Hall–Kier alpha value is -1.98. The van der Waals surface area contributed by atoms with Crippen LogP contribution in [0, 0.1) is 5.92 Å². The molecular formula is C22H27N3O2. The van der Waals surface area contributed by atoms with Crippen LogP contribution in [0.25, 0.3) is 10.9 Å². The second kappa shape index (κ2) is 6.88. The number of ether oxygens (including phenoxy) is 1. The molecule has 0 aliphatic carbocycles. The molecule has 3 aliphatic rings. The third-order valence-corrected chi connectivity index (χ3v) is 6.54. The number of carbonyl (C=O) groups excluding carboxylic acids is 1. The standard InChI is InChI=1S/C22H27N3O2/c26-21-6-3-11-25(21)12-9-18-10-13-27-22(18)15-24(16-22)14-19-8-7-17-4-1-2-5-20(17)23-19/h1-2,4-5,7-8,18H,3,6,9-16H2. The lowest BCUT2D eigenvalue weighted by Crippen LogP contribution is -2.64. The fraction of sp³-hybridized carbons (Fsp3) is 0.545. The van der Waals surface area contributed by atoms with Gasteiger partial charge in [0.05, 0.1) is 16.8 Å². The van der Waals surface area contributed by atoms with Gasteiger partial charge in [-0.2, -0.15) is 0 Å². The van der Waals surface area contributed by atoms with Crippen molar-refractivity contribution in [2.45, 2.75) is 37.8 Å². The zero-order valence-electron chi connectivity index (χ0n) is 15.8. The Labute approximate surface area is 160 Å². The lowest BCUT2D eigenvalue weighted by molar-refractivity contribution is -0.139. The minimum atomic E-state index is 0.0135. The molecule has 27 heavy (non-hydrogen) atoms. The van der Waals surface area contributed by atoms with Gasteiger partial charge in [-0.3, -0.25) is 14.7 Å². The molecule has 5 rings (SSSR count). The van der Waals surface area contributed by atoms with Gasteiger partial charge in [0.25, 0.3) is 0 Å². The van der Waals surface area contributed by atoms with E-state index < -0.39 is 0 Å². The molecule has 1 spiro atoms. The van der Waals surface area contributed by atoms with Crippen molar-refractivity contribution in [1.82, 2.24) is 14.8 Å². The van der Waals surface area contributed by atoms with E-state index >= 15 is 0 Å². The summed E-state index contributed by atoms with van der Waals surface area (Å²) in [6, 6.07) is 12.6. The van der Waals surface area contributed by atoms with E-state index in [1.54, 1.807) is 0 Å². The van der Waals surface area contributed by atoms with Crippen molar-refractivity contribution in [2.75, 3.05) is 32.8 Å². The van der Waals surface area contributed by atoms with Crippen molar-refractivity contribution < 1.29 is 9.53 Å². The van der Waals surface area contributed by atoms with E-state index in [2.05, 4.69) is 35.2 Å². The molecule has 3 saturated heterocycles. The Balaban J connectivity index is 1.18. The summed E-state index contributed by atoms with van der Waals surface area (Å²) in [7, 11) is 0. The summed E-state index contributed by atoms with van der Waals surface area (Å²) in [6.07, 6.45) is 3.97. The van der Waals surface area contributed by atoms with Crippen LogP contribution in [0.1, 0.15) is 31.4 Å². The average Bonchev–Trinajstić information content (AvgIpc) is 3.26. The van der Waals surface area contributed by atoms with Crippen LogP contribution in [0.3, 0.4) is 0 Å². The van der Waals surface area contributed by atoms with Crippen LogP contribution in [0.15, 0.2) is 36.4 Å². The lowest BCUT2D eigenvalue weighted by Gasteiger charge is -2.50. The van der Waals surface area contributed by atoms with E-state index in [1.807, 2.05) is 11.0 Å². The highest BCUT2D eigenvalue weighted by Crippen LogP contribution is 2.42. The number of nitrogens with zero attached hydrogens (tertiary/aromatic N) is 3. The van der Waals surface area contributed by atoms with E-state index in [9.17, 15) is 4.79 Å². The predicted molar refractivity (Wildman–Crippen MR) is 104 cm³/mol. The van der Waals surface area contributed by atoms with Gasteiger partial charge in [-0.25, -0.2) is 0 Å². The molecule has 1 aromatic heterocycles. The average molecular weight is 365 g/mol. The molecule has 0 N–H and O–H groups in total. The number of fused-ring (bicyclic) bond motifs is 1. The molecule has 1 aromatic carbocycles. The van der Waals surface area contributed by atoms with Gasteiger partial charge >= 0.3 is 0 Å². The van der Waals surface area contributed by atoms with Crippen LogP contribution in [0.2, 0.25) is 0 Å². The summed E-state index contributed by atoms with van der Waals surface area (Å²) in [6.45, 7) is 5.56. The number of pyridine rings is 1. The maximum atomic E-state index is 11.9. The van der Waals surface area contributed by atoms with Crippen LogP contribution in [-0.4, -0.2) is 59.1 Å². The highest BCUT2D eigenvalue weighted by atomic mass is 16.5. The van der Waals surface area contributed by atoms with Gasteiger partial charge in [0.2, 0.25) is 5.91 Å². The van der Waals surface area contributed by atoms with Crippen molar-refractivity contribution in [3.63, 3.8) is 0 Å². The summed E-state index contributed by atoms with van der Waals surface area (Å²) >= 11 is 0. The molecule has 4 heterocycles. The first-order chi connectivity index (χ1) is 13.2. The summed E-state index contributed by atoms with van der Waals surface area (Å²) in [5, 5.41) is 1.19. The van der Waals surface area contributed by atoms with E-state index in [-0.39, 0.29) is 5.60 Å². The van der Waals surface area contributed by atoms with Crippen LogP contribution in [0.5, 0.6) is 0 Å². The highest BCUT2D eigenvalue weighted by Gasteiger charge is 2.52. The molecule has 3 fully saturated rings. The van der Waals surface area contributed by atoms with E-state index in [0.29, 0.717) is 11.8 Å². The second-order valence-corrected chi connectivity index (χ2v) is 8.31. The number of hydrogen-bond donors (Lipinski definition) is 0. The van der Waals surface area contributed by atoms with Crippen molar-refractivity contribution >= 4 is 16.8 Å². The summed E-state index contributed by atoms with van der Waals surface area (Å²) < 4.78 is 6.20. The Bertz CT molecular complexity index is 846. The van der Waals surface area contributed by atoms with Crippen LogP contribution < -0.4 is 0 Å². The molecule has 1 amide bonds. The fourth-order valence-electron chi connectivity index (χ4n) is 5.04. The molecule has 0 saturated carbocycles. The largest absolute Gasteiger partial charge is 0.372 e. The Morgan fingerprint density at radius 2 is 2.07 bits per heavy atom. The van der Waals surface area contributed by atoms with Gasteiger partial charge in [0, 0.05) is 51.1 Å². The van der Waals surface area contributed by atoms with E-state index in [4.69, 9.17) is 9.72 Å². The zero-order valence-corrected chi connectivity index (χ0v) is 15.8. The topological polar surface area (TPSA) is 45.7 Å². The first kappa shape index (κ1) is 17.1. The zero-order chi connectivity index (χ0) is 18.3. The summed E-state index contributed by atoms with van der Waals surface area (Å²) in [5.74, 6) is 0.910. The molecule has 1 atom stereocenters. The van der Waals surface area contributed by atoms with Gasteiger partial charge in [-0.15, -0.1) is 0 Å². The van der Waals surface area contributed by atoms with Crippen molar-refractivity contribution in [3.8, 4) is 0 Å². The molecular weight excluding hydrogens is 338 g/mol. The highest BCUT2D eigenvalue weighted by molar-refractivity contribution is 5.78. The maximum absolute atomic E-state index is 11.9. The summed E-state index contributed by atoms with van der Waals surface area (Å²) in [4.78, 5) is 21.1. The number of aromatic nitrogens is 1. The van der Waals surface area contributed by atoms with Gasteiger partial charge in [0.1, 0.15) is 0 Å². The van der Waals surface area contributed by atoms with Crippen LogP contribution in [-0.2, 0) is 16.1 Å². The van der Waals surface area contributed by atoms with Crippen molar-refractivity contribution in [2.24, 2.45) is 5.92 Å². The molecule has 0 radical (unpaired) electrons. The lowest BCUT2D eigenvalue weighted by atomic mass is 9.78. The number of benzene rings is 1. The molecule has 1 unspecified atom stereocenters. The molecule has 142 valence electrons. The number of amides is 1. The Morgan fingerprint density at radius 1 is 1.19 bits per heavy atom. The maximum Gasteiger partial charge on any atom is 0.222 e. The molecule has 5 heteroatoms. The second-order valence-electron chi connectivity index (χ2n) is 8.31. The Kier molecular flexibility index (Phi) is 4.37. The minimum Gasteiger partial charge on any atom is -0.372 e. The normalized spacial score (nSPS) is 24.8. The number of para-hydroxylation sites is 1. The quantitative estimate of drug-likeness (QED) is 0.817. The van der Waals surface area contributed by atoms with Gasteiger partial charge in [-0.05, 0) is 37.3 Å². The minimum absolute atomic E-state index is 0.0135. The molecule has 5 nitrogen and oxygen atoms in total.